The lowest BCUT2D eigenvalue weighted by Crippen LogP contribution is -2.08. The minimum Gasteiger partial charge on any atom is -0.0905 e. The first-order chi connectivity index (χ1) is 13.3. The molecule has 1 aliphatic rings. The zero-order valence-corrected chi connectivity index (χ0v) is 15.2. The summed E-state index contributed by atoms with van der Waals surface area (Å²) in [5, 5.41) is 0. The molecule has 0 bridgehead atoms. The molecule has 0 nitrogen and oxygen atoms in total. The molecule has 5 rings (SSSR count). The Morgan fingerprint density at radius 1 is 0.481 bits per heavy atom. The number of benzene rings is 4. The predicted molar refractivity (Wildman–Crippen MR) is 115 cm³/mol. The molecule has 4 aromatic carbocycles. The van der Waals surface area contributed by atoms with Crippen LogP contribution in [-0.4, -0.2) is 0 Å². The molecule has 0 heteroatoms. The van der Waals surface area contributed by atoms with Gasteiger partial charge in [0.25, 0.3) is 0 Å². The summed E-state index contributed by atoms with van der Waals surface area (Å²) in [6.45, 7) is 4.52. The first-order valence-electron chi connectivity index (χ1n) is 9.37. The third-order valence-corrected chi connectivity index (χ3v) is 5.46. The van der Waals surface area contributed by atoms with Gasteiger partial charge in [-0.1, -0.05) is 104 Å². The number of rotatable bonds is 2. The van der Waals surface area contributed by atoms with Gasteiger partial charge in [-0.3, -0.25) is 0 Å². The summed E-state index contributed by atoms with van der Waals surface area (Å²) in [6, 6.07) is 34.6. The third-order valence-electron chi connectivity index (χ3n) is 5.46. The van der Waals surface area contributed by atoms with Gasteiger partial charge in [-0.2, -0.15) is 0 Å². The van der Waals surface area contributed by atoms with Gasteiger partial charge in [-0.15, -0.1) is 0 Å². The molecule has 0 N–H and O–H groups in total. The van der Waals surface area contributed by atoms with Gasteiger partial charge in [0.1, 0.15) is 0 Å². The molecule has 0 unspecified atom stereocenters. The van der Waals surface area contributed by atoms with Crippen LogP contribution in [0.1, 0.15) is 22.3 Å². The quantitative estimate of drug-likeness (QED) is 0.324. The molecule has 0 saturated heterocycles. The molecule has 0 amide bonds. The monoisotopic (exact) mass is 344 g/mol. The van der Waals surface area contributed by atoms with Crippen LogP contribution in [-0.2, 0) is 6.42 Å². The van der Waals surface area contributed by atoms with Crippen molar-refractivity contribution in [3.8, 4) is 22.3 Å². The van der Waals surface area contributed by atoms with E-state index in [-0.39, 0.29) is 0 Å². The first kappa shape index (κ1) is 15.8. The van der Waals surface area contributed by atoms with Crippen LogP contribution in [0.4, 0.5) is 0 Å². The first-order valence-corrected chi connectivity index (χ1v) is 9.37. The van der Waals surface area contributed by atoms with Gasteiger partial charge >= 0.3 is 0 Å². The normalized spacial score (nSPS) is 12.4. The Kier molecular flexibility index (Phi) is 3.76. The van der Waals surface area contributed by atoms with Gasteiger partial charge < -0.3 is 0 Å². The lowest BCUT2D eigenvalue weighted by molar-refractivity contribution is 1.14. The molecule has 27 heavy (non-hydrogen) atoms. The van der Waals surface area contributed by atoms with Crippen molar-refractivity contribution in [1.82, 2.24) is 0 Å². The van der Waals surface area contributed by atoms with Crippen LogP contribution >= 0.6 is 0 Å². The molecule has 0 atom stereocenters. The maximum atomic E-state index is 4.52. The summed E-state index contributed by atoms with van der Waals surface area (Å²) >= 11 is 0. The zero-order valence-electron chi connectivity index (χ0n) is 15.2. The van der Waals surface area contributed by atoms with Crippen LogP contribution < -0.4 is 0 Å². The number of hydrogen-bond acceptors (Lipinski definition) is 0. The van der Waals surface area contributed by atoms with Gasteiger partial charge in [0.15, 0.2) is 0 Å². The molecule has 0 fully saturated rings. The van der Waals surface area contributed by atoms with Gasteiger partial charge in [0, 0.05) is 0 Å². The molecular formula is C27H20. The molecular weight excluding hydrogens is 324 g/mol. The molecule has 128 valence electrons. The molecule has 0 spiro atoms. The highest BCUT2D eigenvalue weighted by atomic mass is 14.3. The van der Waals surface area contributed by atoms with E-state index in [9.17, 15) is 0 Å². The van der Waals surface area contributed by atoms with Crippen molar-refractivity contribution in [3.63, 3.8) is 0 Å². The predicted octanol–water partition coefficient (Wildman–Crippen LogP) is 6.99. The fourth-order valence-corrected chi connectivity index (χ4v) is 4.21. The van der Waals surface area contributed by atoms with E-state index in [0.29, 0.717) is 0 Å². The average molecular weight is 344 g/mol. The van der Waals surface area contributed by atoms with E-state index in [0.717, 1.165) is 12.0 Å². The highest BCUT2D eigenvalue weighted by Crippen LogP contribution is 2.44. The highest BCUT2D eigenvalue weighted by molar-refractivity contribution is 5.98. The lowest BCUT2D eigenvalue weighted by Gasteiger charge is -2.27. The summed E-state index contributed by atoms with van der Waals surface area (Å²) in [6.07, 6.45) is 0.958. The van der Waals surface area contributed by atoms with Crippen LogP contribution in [0.5, 0.6) is 0 Å². The van der Waals surface area contributed by atoms with E-state index in [1.165, 1.54) is 44.5 Å². The summed E-state index contributed by atoms with van der Waals surface area (Å²) in [4.78, 5) is 0. The second-order valence-electron chi connectivity index (χ2n) is 7.07. The van der Waals surface area contributed by atoms with E-state index in [4.69, 9.17) is 0 Å². The number of fused-ring (bicyclic) bond motifs is 2. The third kappa shape index (κ3) is 2.62. The number of hydrogen-bond donors (Lipinski definition) is 0. The van der Waals surface area contributed by atoms with E-state index < -0.39 is 0 Å². The van der Waals surface area contributed by atoms with Crippen molar-refractivity contribution < 1.29 is 0 Å². The highest BCUT2D eigenvalue weighted by Gasteiger charge is 2.24. The SMILES string of the molecule is C=C1c2ccccc2Cc2ccc(-c3ccccc3)c(-c3ccccc3)c21. The molecule has 0 aromatic heterocycles. The Hall–Kier alpha value is -3.38. The summed E-state index contributed by atoms with van der Waals surface area (Å²) < 4.78 is 0. The summed E-state index contributed by atoms with van der Waals surface area (Å²) in [5.74, 6) is 0. The smallest absolute Gasteiger partial charge is 0.00132 e. The Labute approximate surface area is 160 Å². The summed E-state index contributed by atoms with van der Waals surface area (Å²) in [7, 11) is 0. The topological polar surface area (TPSA) is 0 Å². The van der Waals surface area contributed by atoms with E-state index in [2.05, 4.69) is 104 Å². The van der Waals surface area contributed by atoms with E-state index in [1.54, 1.807) is 0 Å². The molecule has 4 aromatic rings. The van der Waals surface area contributed by atoms with Crippen molar-refractivity contribution in [2.24, 2.45) is 0 Å². The average Bonchev–Trinajstić information content (AvgIpc) is 2.74. The van der Waals surface area contributed by atoms with Gasteiger partial charge in [0.05, 0.1) is 0 Å². The van der Waals surface area contributed by atoms with E-state index >= 15 is 0 Å². The van der Waals surface area contributed by atoms with Crippen molar-refractivity contribution in [1.29, 1.82) is 0 Å². The fourth-order valence-electron chi connectivity index (χ4n) is 4.21. The molecule has 1 aliphatic carbocycles. The van der Waals surface area contributed by atoms with Gasteiger partial charge in [-0.05, 0) is 56.5 Å². The largest absolute Gasteiger partial charge is 0.0905 e. The molecule has 0 radical (unpaired) electrons. The minimum absolute atomic E-state index is 0.958. The second kappa shape index (κ2) is 6.41. The maximum absolute atomic E-state index is 4.52. The van der Waals surface area contributed by atoms with Crippen LogP contribution in [0.2, 0.25) is 0 Å². The van der Waals surface area contributed by atoms with Gasteiger partial charge in [0.2, 0.25) is 0 Å². The minimum atomic E-state index is 0.958. The molecule has 0 aliphatic heterocycles. The van der Waals surface area contributed by atoms with Crippen molar-refractivity contribution >= 4 is 5.57 Å². The molecule has 0 saturated carbocycles. The van der Waals surface area contributed by atoms with Crippen molar-refractivity contribution in [2.75, 3.05) is 0 Å². The Morgan fingerprint density at radius 3 is 1.85 bits per heavy atom. The van der Waals surface area contributed by atoms with Crippen LogP contribution in [0, 0.1) is 0 Å². The second-order valence-corrected chi connectivity index (χ2v) is 7.07. The summed E-state index contributed by atoms with van der Waals surface area (Å²) in [5.41, 5.74) is 11.5. The standard InChI is InChI=1S/C27H20/c1-19-24-15-9-8-14-22(24)18-23-16-17-25(20-10-4-2-5-11-20)27(26(19)23)21-12-6-3-7-13-21/h2-17H,1,18H2. The Morgan fingerprint density at radius 2 is 1.11 bits per heavy atom. The van der Waals surface area contributed by atoms with Crippen LogP contribution in [0.25, 0.3) is 27.8 Å². The molecule has 0 heterocycles. The van der Waals surface area contributed by atoms with Crippen molar-refractivity contribution in [2.45, 2.75) is 6.42 Å². The Bertz CT molecular complexity index is 1140. The lowest BCUT2D eigenvalue weighted by atomic mass is 9.77. The zero-order chi connectivity index (χ0) is 18.2. The fraction of sp³-hybridized carbons (Fsp3) is 0.0370. The maximum Gasteiger partial charge on any atom is -0.00132 e. The van der Waals surface area contributed by atoms with Crippen LogP contribution in [0.15, 0.2) is 104 Å². The Balaban J connectivity index is 1.83. The van der Waals surface area contributed by atoms with Crippen LogP contribution in [0.3, 0.4) is 0 Å². The van der Waals surface area contributed by atoms with Gasteiger partial charge in [-0.25, -0.2) is 0 Å². The van der Waals surface area contributed by atoms with Crippen molar-refractivity contribution in [3.05, 3.63) is 126 Å². The van der Waals surface area contributed by atoms with E-state index in [1.807, 2.05) is 0 Å².